The molecule has 0 spiro atoms. The SMILES string of the molecule is COP(=O)(OC)C1CCCCN1C(=O)OC(C)(C)C. The van der Waals surface area contributed by atoms with Gasteiger partial charge in [0, 0.05) is 20.8 Å². The number of hydrogen-bond acceptors (Lipinski definition) is 5. The van der Waals surface area contributed by atoms with Crippen molar-refractivity contribution >= 4 is 13.7 Å². The third-order valence-corrected chi connectivity index (χ3v) is 5.26. The second kappa shape index (κ2) is 6.25. The highest BCUT2D eigenvalue weighted by molar-refractivity contribution is 7.54. The van der Waals surface area contributed by atoms with E-state index in [9.17, 15) is 9.36 Å². The highest BCUT2D eigenvalue weighted by Gasteiger charge is 2.43. The largest absolute Gasteiger partial charge is 0.444 e. The first-order chi connectivity index (χ1) is 8.73. The van der Waals surface area contributed by atoms with Crippen LogP contribution in [-0.2, 0) is 18.3 Å². The number of rotatable bonds is 3. The third-order valence-electron chi connectivity index (χ3n) is 2.97. The second-order valence-corrected chi connectivity index (χ2v) is 7.96. The van der Waals surface area contributed by atoms with Gasteiger partial charge in [-0.15, -0.1) is 0 Å². The van der Waals surface area contributed by atoms with E-state index in [0.29, 0.717) is 13.0 Å². The summed E-state index contributed by atoms with van der Waals surface area (Å²) < 4.78 is 27.9. The average Bonchev–Trinajstić information content (AvgIpc) is 2.36. The minimum atomic E-state index is -3.31. The smallest absolute Gasteiger partial charge is 0.411 e. The van der Waals surface area contributed by atoms with Crippen molar-refractivity contribution in [1.82, 2.24) is 4.90 Å². The van der Waals surface area contributed by atoms with E-state index >= 15 is 0 Å². The number of carbonyl (C=O) groups excluding carboxylic acids is 1. The molecular weight excluding hydrogens is 269 g/mol. The molecule has 1 fully saturated rings. The fraction of sp³-hybridized carbons (Fsp3) is 0.917. The predicted octanol–water partition coefficient (Wildman–Crippen LogP) is 3.22. The topological polar surface area (TPSA) is 65.1 Å². The van der Waals surface area contributed by atoms with Gasteiger partial charge in [0.2, 0.25) is 0 Å². The van der Waals surface area contributed by atoms with Gasteiger partial charge in [-0.2, -0.15) is 0 Å². The minimum Gasteiger partial charge on any atom is -0.444 e. The van der Waals surface area contributed by atoms with Crippen LogP contribution in [0.3, 0.4) is 0 Å². The van der Waals surface area contributed by atoms with Crippen LogP contribution in [0.15, 0.2) is 0 Å². The maximum absolute atomic E-state index is 12.5. The molecule has 1 rings (SSSR count). The number of piperidine rings is 1. The van der Waals surface area contributed by atoms with Crippen molar-refractivity contribution in [1.29, 1.82) is 0 Å². The Hall–Kier alpha value is -0.580. The van der Waals surface area contributed by atoms with Crippen molar-refractivity contribution in [2.75, 3.05) is 20.8 Å². The molecule has 1 saturated heterocycles. The van der Waals surface area contributed by atoms with E-state index in [2.05, 4.69) is 0 Å². The van der Waals surface area contributed by atoms with Crippen LogP contribution >= 0.6 is 7.60 Å². The molecule has 19 heavy (non-hydrogen) atoms. The van der Waals surface area contributed by atoms with E-state index in [1.165, 1.54) is 19.1 Å². The van der Waals surface area contributed by atoms with Crippen LogP contribution in [-0.4, -0.2) is 43.1 Å². The van der Waals surface area contributed by atoms with Crippen LogP contribution in [0, 0.1) is 0 Å². The maximum atomic E-state index is 12.5. The highest BCUT2D eigenvalue weighted by Crippen LogP contribution is 2.55. The van der Waals surface area contributed by atoms with Gasteiger partial charge in [0.1, 0.15) is 11.4 Å². The molecule has 1 atom stereocenters. The number of hydrogen-bond donors (Lipinski definition) is 0. The molecule has 0 bridgehead atoms. The van der Waals surface area contributed by atoms with Gasteiger partial charge >= 0.3 is 13.7 Å². The van der Waals surface area contributed by atoms with Crippen LogP contribution < -0.4 is 0 Å². The van der Waals surface area contributed by atoms with E-state index in [4.69, 9.17) is 13.8 Å². The van der Waals surface area contributed by atoms with Crippen LogP contribution in [0.5, 0.6) is 0 Å². The molecule has 0 saturated carbocycles. The Balaban J connectivity index is 2.89. The fourth-order valence-corrected chi connectivity index (χ4v) is 3.78. The molecule has 1 aliphatic rings. The number of nitrogens with zero attached hydrogens (tertiary/aromatic N) is 1. The van der Waals surface area contributed by atoms with Crippen molar-refractivity contribution in [2.45, 2.75) is 51.4 Å². The van der Waals surface area contributed by atoms with E-state index in [-0.39, 0.29) is 0 Å². The van der Waals surface area contributed by atoms with E-state index in [1.807, 2.05) is 0 Å². The summed E-state index contributed by atoms with van der Waals surface area (Å²) in [6.07, 6.45) is 1.88. The molecule has 0 aliphatic carbocycles. The molecule has 1 unspecified atom stereocenters. The standard InChI is InChI=1S/C12H24NO5P/c1-12(2,3)18-11(14)13-9-7-6-8-10(13)19(15,16-4)17-5/h10H,6-9H2,1-5H3. The van der Waals surface area contributed by atoms with Gasteiger partial charge in [0.25, 0.3) is 0 Å². The number of carbonyl (C=O) groups is 1. The molecule has 0 aromatic heterocycles. The third kappa shape index (κ3) is 4.20. The highest BCUT2D eigenvalue weighted by atomic mass is 31.2. The normalized spacial score (nSPS) is 21.3. The van der Waals surface area contributed by atoms with Crippen LogP contribution in [0.25, 0.3) is 0 Å². The Kier molecular flexibility index (Phi) is 5.42. The van der Waals surface area contributed by atoms with Gasteiger partial charge in [-0.1, -0.05) is 0 Å². The zero-order chi connectivity index (χ0) is 14.7. The Morgan fingerprint density at radius 1 is 1.21 bits per heavy atom. The van der Waals surface area contributed by atoms with Gasteiger partial charge in [0.05, 0.1) is 0 Å². The first kappa shape index (κ1) is 16.5. The van der Waals surface area contributed by atoms with Crippen LogP contribution in [0.1, 0.15) is 40.0 Å². The van der Waals surface area contributed by atoms with Gasteiger partial charge in [0.15, 0.2) is 0 Å². The van der Waals surface area contributed by atoms with Crippen molar-refractivity contribution in [3.05, 3.63) is 0 Å². The molecule has 1 aliphatic heterocycles. The lowest BCUT2D eigenvalue weighted by atomic mass is 10.1. The van der Waals surface area contributed by atoms with Crippen molar-refractivity contribution in [3.8, 4) is 0 Å². The molecule has 0 aromatic rings. The summed E-state index contributed by atoms with van der Waals surface area (Å²) in [6, 6.07) is 0. The fourth-order valence-electron chi connectivity index (χ4n) is 2.09. The Morgan fingerprint density at radius 2 is 1.79 bits per heavy atom. The summed E-state index contributed by atoms with van der Waals surface area (Å²) in [6.45, 7) is 5.92. The van der Waals surface area contributed by atoms with Gasteiger partial charge in [-0.3, -0.25) is 9.46 Å². The molecule has 7 heteroatoms. The summed E-state index contributed by atoms with van der Waals surface area (Å²) in [5.74, 6) is -0.564. The van der Waals surface area contributed by atoms with Crippen molar-refractivity contribution < 1.29 is 23.1 Å². The van der Waals surface area contributed by atoms with E-state index < -0.39 is 25.1 Å². The molecule has 1 amide bonds. The zero-order valence-corrected chi connectivity index (χ0v) is 13.2. The summed E-state index contributed by atoms with van der Waals surface area (Å²) in [5, 5.41) is 0. The predicted molar refractivity (Wildman–Crippen MR) is 72.2 cm³/mol. The van der Waals surface area contributed by atoms with E-state index in [1.54, 1.807) is 20.8 Å². The van der Waals surface area contributed by atoms with Crippen molar-refractivity contribution in [2.24, 2.45) is 0 Å². The Bertz CT molecular complexity index is 358. The average molecular weight is 293 g/mol. The monoisotopic (exact) mass is 293 g/mol. The van der Waals surface area contributed by atoms with E-state index in [0.717, 1.165) is 12.8 Å². The van der Waals surface area contributed by atoms with Crippen molar-refractivity contribution in [3.63, 3.8) is 0 Å². The molecule has 112 valence electrons. The summed E-state index contributed by atoms with van der Waals surface area (Å²) in [5.41, 5.74) is -0.580. The maximum Gasteiger partial charge on any atom is 0.411 e. The lowest BCUT2D eigenvalue weighted by Crippen LogP contribution is -2.46. The van der Waals surface area contributed by atoms with Crippen LogP contribution in [0.4, 0.5) is 4.79 Å². The Labute approximate surface area is 114 Å². The first-order valence-electron chi connectivity index (χ1n) is 6.44. The minimum absolute atomic E-state index is 0.466. The first-order valence-corrected chi connectivity index (χ1v) is 8.05. The lowest BCUT2D eigenvalue weighted by Gasteiger charge is -2.38. The molecular formula is C12H24NO5P. The van der Waals surface area contributed by atoms with Gasteiger partial charge < -0.3 is 13.8 Å². The van der Waals surface area contributed by atoms with Gasteiger partial charge in [-0.05, 0) is 40.0 Å². The molecule has 0 aromatic carbocycles. The second-order valence-electron chi connectivity index (χ2n) is 5.56. The summed E-state index contributed by atoms with van der Waals surface area (Å²) in [4.78, 5) is 13.6. The summed E-state index contributed by atoms with van der Waals surface area (Å²) in [7, 11) is -0.628. The molecule has 0 N–H and O–H groups in total. The molecule has 6 nitrogen and oxygen atoms in total. The Morgan fingerprint density at radius 3 is 2.26 bits per heavy atom. The van der Waals surface area contributed by atoms with Gasteiger partial charge in [-0.25, -0.2) is 4.79 Å². The summed E-state index contributed by atoms with van der Waals surface area (Å²) >= 11 is 0. The molecule has 1 heterocycles. The number of likely N-dealkylation sites (tertiary alicyclic amines) is 1. The number of amides is 1. The number of ether oxygens (including phenoxy) is 1. The van der Waals surface area contributed by atoms with Crippen LogP contribution in [0.2, 0.25) is 0 Å². The zero-order valence-electron chi connectivity index (χ0n) is 12.3. The molecule has 0 radical (unpaired) electrons. The lowest BCUT2D eigenvalue weighted by molar-refractivity contribution is 0.0147. The quantitative estimate of drug-likeness (QED) is 0.747.